The third-order valence-electron chi connectivity index (χ3n) is 2.94. The Bertz CT molecular complexity index is 408. The normalized spacial score (nSPS) is 13.6. The molecule has 1 atom stereocenters. The van der Waals surface area contributed by atoms with Crippen molar-refractivity contribution in [1.82, 2.24) is 15.1 Å². The van der Waals surface area contributed by atoms with Crippen molar-refractivity contribution in [3.63, 3.8) is 0 Å². The molecule has 5 nitrogen and oxygen atoms in total. The first-order chi connectivity index (χ1) is 8.74. The lowest BCUT2D eigenvalue weighted by atomic mass is 10.1. The molecule has 1 heterocycles. The van der Waals surface area contributed by atoms with Crippen molar-refractivity contribution in [2.75, 3.05) is 20.3 Å². The Balaban J connectivity index is 2.72. The molecule has 0 amide bonds. The van der Waals surface area contributed by atoms with Gasteiger partial charge in [0.25, 0.3) is 0 Å². The summed E-state index contributed by atoms with van der Waals surface area (Å²) in [5.41, 5.74) is 2.01. The van der Waals surface area contributed by atoms with Gasteiger partial charge in [-0.1, -0.05) is 0 Å². The fourth-order valence-electron chi connectivity index (χ4n) is 1.83. The standard InChI is InChI=1S/C14H27N3O2/c1-10-13(11(2)17(6)16-10)19-12(9-18-7)8-15-14(3,4)5/h12,15H,8-9H2,1-7H3. The topological polar surface area (TPSA) is 48.3 Å². The lowest BCUT2D eigenvalue weighted by Gasteiger charge is -2.25. The van der Waals surface area contributed by atoms with E-state index in [9.17, 15) is 0 Å². The minimum absolute atomic E-state index is 0.0224. The molecule has 5 heteroatoms. The Hall–Kier alpha value is -1.07. The van der Waals surface area contributed by atoms with E-state index in [0.29, 0.717) is 6.61 Å². The molecule has 1 N–H and O–H groups in total. The van der Waals surface area contributed by atoms with Crippen molar-refractivity contribution in [3.8, 4) is 5.75 Å². The zero-order valence-corrected chi connectivity index (χ0v) is 13.2. The summed E-state index contributed by atoms with van der Waals surface area (Å²) in [6.07, 6.45) is -0.0224. The summed E-state index contributed by atoms with van der Waals surface area (Å²) in [7, 11) is 3.62. The van der Waals surface area contributed by atoms with Gasteiger partial charge in [0.2, 0.25) is 0 Å². The number of aromatic nitrogens is 2. The molecule has 1 aromatic heterocycles. The van der Waals surface area contributed by atoms with E-state index in [1.165, 1.54) is 0 Å². The van der Waals surface area contributed by atoms with Gasteiger partial charge in [-0.05, 0) is 34.6 Å². The smallest absolute Gasteiger partial charge is 0.163 e. The highest BCUT2D eigenvalue weighted by atomic mass is 16.5. The molecule has 0 spiro atoms. The van der Waals surface area contributed by atoms with Crippen LogP contribution in [0, 0.1) is 13.8 Å². The van der Waals surface area contributed by atoms with Crippen LogP contribution in [0.25, 0.3) is 0 Å². The molecule has 0 radical (unpaired) electrons. The first kappa shape index (κ1) is 16.0. The number of hydrogen-bond acceptors (Lipinski definition) is 4. The van der Waals surface area contributed by atoms with E-state index < -0.39 is 0 Å². The molecule has 1 aromatic rings. The van der Waals surface area contributed by atoms with Gasteiger partial charge in [-0.3, -0.25) is 4.68 Å². The minimum Gasteiger partial charge on any atom is -0.483 e. The molecular formula is C14H27N3O2. The van der Waals surface area contributed by atoms with Gasteiger partial charge in [0.05, 0.1) is 12.3 Å². The lowest BCUT2D eigenvalue weighted by Crippen LogP contribution is -2.44. The molecule has 1 unspecified atom stereocenters. The molecule has 19 heavy (non-hydrogen) atoms. The first-order valence-electron chi connectivity index (χ1n) is 6.65. The number of ether oxygens (including phenoxy) is 2. The average Bonchev–Trinajstić information content (AvgIpc) is 2.52. The molecular weight excluding hydrogens is 242 g/mol. The zero-order chi connectivity index (χ0) is 14.6. The second-order valence-corrected chi connectivity index (χ2v) is 5.95. The van der Waals surface area contributed by atoms with Gasteiger partial charge in [-0.15, -0.1) is 0 Å². The van der Waals surface area contributed by atoms with Crippen LogP contribution in [0.4, 0.5) is 0 Å². The van der Waals surface area contributed by atoms with Gasteiger partial charge in [0, 0.05) is 26.2 Å². The maximum Gasteiger partial charge on any atom is 0.163 e. The van der Waals surface area contributed by atoms with E-state index in [-0.39, 0.29) is 11.6 Å². The highest BCUT2D eigenvalue weighted by Gasteiger charge is 2.19. The van der Waals surface area contributed by atoms with Gasteiger partial charge >= 0.3 is 0 Å². The number of aryl methyl sites for hydroxylation is 2. The number of nitrogens with one attached hydrogen (secondary N) is 1. The Morgan fingerprint density at radius 1 is 1.32 bits per heavy atom. The predicted molar refractivity (Wildman–Crippen MR) is 76.7 cm³/mol. The quantitative estimate of drug-likeness (QED) is 0.856. The van der Waals surface area contributed by atoms with Crippen molar-refractivity contribution in [3.05, 3.63) is 11.4 Å². The van der Waals surface area contributed by atoms with E-state index in [1.54, 1.807) is 7.11 Å². The van der Waals surface area contributed by atoms with E-state index in [4.69, 9.17) is 9.47 Å². The summed E-state index contributed by atoms with van der Waals surface area (Å²) >= 11 is 0. The fraction of sp³-hybridized carbons (Fsp3) is 0.786. The van der Waals surface area contributed by atoms with Crippen LogP contribution in [-0.4, -0.2) is 41.7 Å². The highest BCUT2D eigenvalue weighted by molar-refractivity contribution is 5.32. The molecule has 0 aromatic carbocycles. The van der Waals surface area contributed by atoms with Crippen molar-refractivity contribution in [2.24, 2.45) is 7.05 Å². The van der Waals surface area contributed by atoms with Crippen molar-refractivity contribution in [1.29, 1.82) is 0 Å². The second kappa shape index (κ2) is 6.39. The molecule has 1 rings (SSSR count). The SMILES string of the molecule is COCC(CNC(C)(C)C)Oc1c(C)nn(C)c1C. The highest BCUT2D eigenvalue weighted by Crippen LogP contribution is 2.22. The van der Waals surface area contributed by atoms with Crippen LogP contribution in [0.5, 0.6) is 5.75 Å². The van der Waals surface area contributed by atoms with Gasteiger partial charge in [-0.25, -0.2) is 0 Å². The van der Waals surface area contributed by atoms with Gasteiger partial charge in [-0.2, -0.15) is 5.10 Å². The lowest BCUT2D eigenvalue weighted by molar-refractivity contribution is 0.0755. The fourth-order valence-corrected chi connectivity index (χ4v) is 1.83. The third kappa shape index (κ3) is 4.84. The van der Waals surface area contributed by atoms with Gasteiger partial charge < -0.3 is 14.8 Å². The molecule has 0 aliphatic rings. The number of rotatable bonds is 6. The Morgan fingerprint density at radius 3 is 2.37 bits per heavy atom. The molecule has 110 valence electrons. The Labute approximate surface area is 116 Å². The molecule has 0 fully saturated rings. The third-order valence-corrected chi connectivity index (χ3v) is 2.94. The zero-order valence-electron chi connectivity index (χ0n) is 13.2. The number of methoxy groups -OCH3 is 1. The molecule has 0 aliphatic heterocycles. The van der Waals surface area contributed by atoms with Gasteiger partial charge in [0.15, 0.2) is 5.75 Å². The van der Waals surface area contributed by atoms with Crippen LogP contribution in [0.3, 0.4) is 0 Å². The van der Waals surface area contributed by atoms with Crippen LogP contribution in [0.1, 0.15) is 32.2 Å². The second-order valence-electron chi connectivity index (χ2n) is 5.95. The average molecular weight is 269 g/mol. The van der Waals surface area contributed by atoms with E-state index in [0.717, 1.165) is 23.7 Å². The van der Waals surface area contributed by atoms with Crippen LogP contribution in [0.15, 0.2) is 0 Å². The summed E-state index contributed by atoms with van der Waals surface area (Å²) in [5, 5.41) is 7.80. The number of nitrogens with zero attached hydrogens (tertiary/aromatic N) is 2. The summed E-state index contributed by atoms with van der Waals surface area (Å²) in [5.74, 6) is 0.861. The van der Waals surface area contributed by atoms with Crippen molar-refractivity contribution < 1.29 is 9.47 Å². The van der Waals surface area contributed by atoms with Gasteiger partial charge in [0.1, 0.15) is 11.8 Å². The van der Waals surface area contributed by atoms with Crippen molar-refractivity contribution >= 4 is 0 Å². The summed E-state index contributed by atoms with van der Waals surface area (Å²) in [6, 6.07) is 0. The van der Waals surface area contributed by atoms with Crippen LogP contribution >= 0.6 is 0 Å². The number of hydrogen-bond donors (Lipinski definition) is 1. The molecule has 0 saturated heterocycles. The maximum atomic E-state index is 6.06. The molecule has 0 saturated carbocycles. The predicted octanol–water partition coefficient (Wildman–Crippen LogP) is 1.82. The first-order valence-corrected chi connectivity index (χ1v) is 6.65. The monoisotopic (exact) mass is 269 g/mol. The summed E-state index contributed by atoms with van der Waals surface area (Å²) < 4.78 is 13.1. The van der Waals surface area contributed by atoms with Crippen LogP contribution in [0.2, 0.25) is 0 Å². The summed E-state index contributed by atoms with van der Waals surface area (Å²) in [6.45, 7) is 11.7. The maximum absolute atomic E-state index is 6.06. The van der Waals surface area contributed by atoms with E-state index in [2.05, 4.69) is 31.2 Å². The molecule has 0 bridgehead atoms. The van der Waals surface area contributed by atoms with Crippen molar-refractivity contribution in [2.45, 2.75) is 46.3 Å². The summed E-state index contributed by atoms with van der Waals surface area (Å²) in [4.78, 5) is 0. The van der Waals surface area contributed by atoms with E-state index in [1.807, 2.05) is 25.6 Å². The Kier molecular flexibility index (Phi) is 5.38. The van der Waals surface area contributed by atoms with Crippen LogP contribution in [-0.2, 0) is 11.8 Å². The van der Waals surface area contributed by atoms with E-state index >= 15 is 0 Å². The largest absolute Gasteiger partial charge is 0.483 e. The Morgan fingerprint density at radius 2 is 1.95 bits per heavy atom. The molecule has 0 aliphatic carbocycles. The van der Waals surface area contributed by atoms with Crippen LogP contribution < -0.4 is 10.1 Å². The minimum atomic E-state index is -0.0224.